The molecule has 154 valence electrons. The van der Waals surface area contributed by atoms with E-state index in [1.165, 1.54) is 6.92 Å². The molecule has 29 heavy (non-hydrogen) atoms. The highest BCUT2D eigenvalue weighted by Gasteiger charge is 2.33. The second kappa shape index (κ2) is 8.69. The number of carbonyl (C=O) groups is 1. The summed E-state index contributed by atoms with van der Waals surface area (Å²) < 4.78 is 39.3. The van der Waals surface area contributed by atoms with Gasteiger partial charge in [0, 0.05) is 30.0 Å². The molecule has 1 aromatic heterocycles. The Hall–Kier alpha value is -2.81. The predicted molar refractivity (Wildman–Crippen MR) is 104 cm³/mol. The zero-order valence-corrected chi connectivity index (χ0v) is 16.2. The fourth-order valence-electron chi connectivity index (χ4n) is 2.91. The molecule has 1 amide bonds. The highest BCUT2D eigenvalue weighted by atomic mass is 35.5. The van der Waals surface area contributed by atoms with Crippen LogP contribution in [0.15, 0.2) is 41.7 Å². The molecule has 2 heterocycles. The van der Waals surface area contributed by atoms with Crippen LogP contribution in [0.25, 0.3) is 0 Å². The fourth-order valence-corrected chi connectivity index (χ4v) is 3.04. The standard InChI is InChI=1S/C19H18ClF3N4O2/c1-12(26-29-18(28)25-15-6-4-14(20)5-7-15)17-16(27-8-2-3-9-27)10-13(11-24-17)19(21,22)23/h4-7,10-11H,2-3,8-9H2,1H3,(H,25,28). The van der Waals surface area contributed by atoms with Crippen molar-refractivity contribution in [2.75, 3.05) is 23.3 Å². The number of oxime groups is 1. The van der Waals surface area contributed by atoms with E-state index in [4.69, 9.17) is 16.4 Å². The fraction of sp³-hybridized carbons (Fsp3) is 0.316. The summed E-state index contributed by atoms with van der Waals surface area (Å²) in [5.41, 5.74) is 0.362. The predicted octanol–water partition coefficient (Wildman–Crippen LogP) is 5.33. The van der Waals surface area contributed by atoms with Crippen LogP contribution in [0.1, 0.15) is 31.0 Å². The second-order valence-electron chi connectivity index (χ2n) is 6.47. The number of hydrogen-bond acceptors (Lipinski definition) is 5. The van der Waals surface area contributed by atoms with Gasteiger partial charge in [-0.1, -0.05) is 16.8 Å². The van der Waals surface area contributed by atoms with Crippen molar-refractivity contribution in [2.45, 2.75) is 25.9 Å². The molecule has 1 aliphatic rings. The molecular formula is C19H18ClF3N4O2. The maximum Gasteiger partial charge on any atom is 0.437 e. The molecule has 6 nitrogen and oxygen atoms in total. The van der Waals surface area contributed by atoms with Crippen LogP contribution < -0.4 is 10.2 Å². The van der Waals surface area contributed by atoms with Crippen molar-refractivity contribution in [1.29, 1.82) is 0 Å². The summed E-state index contributed by atoms with van der Waals surface area (Å²) in [6, 6.07) is 7.42. The van der Waals surface area contributed by atoms with Crippen LogP contribution in [0.5, 0.6) is 0 Å². The lowest BCUT2D eigenvalue weighted by Gasteiger charge is -2.21. The molecule has 3 rings (SSSR count). The maximum absolute atomic E-state index is 13.1. The Kier molecular flexibility index (Phi) is 6.26. The van der Waals surface area contributed by atoms with E-state index in [0.29, 0.717) is 29.5 Å². The van der Waals surface area contributed by atoms with Gasteiger partial charge < -0.3 is 4.90 Å². The highest BCUT2D eigenvalue weighted by molar-refractivity contribution is 6.30. The summed E-state index contributed by atoms with van der Waals surface area (Å²) >= 11 is 5.78. The summed E-state index contributed by atoms with van der Waals surface area (Å²) in [5.74, 6) is 0. The number of rotatable bonds is 4. The molecule has 0 bridgehead atoms. The third-order valence-corrected chi connectivity index (χ3v) is 4.59. The van der Waals surface area contributed by atoms with Gasteiger partial charge in [0.05, 0.1) is 11.3 Å². The summed E-state index contributed by atoms with van der Waals surface area (Å²) in [7, 11) is 0. The number of carbonyl (C=O) groups excluding carboxylic acids is 1. The van der Waals surface area contributed by atoms with E-state index in [9.17, 15) is 18.0 Å². The molecule has 0 atom stereocenters. The highest BCUT2D eigenvalue weighted by Crippen LogP contribution is 2.33. The number of halogens is 4. The van der Waals surface area contributed by atoms with Crippen LogP contribution in [0.3, 0.4) is 0 Å². The minimum atomic E-state index is -4.50. The average Bonchev–Trinajstić information content (AvgIpc) is 3.21. The first-order chi connectivity index (χ1) is 13.7. The Morgan fingerprint density at radius 1 is 1.24 bits per heavy atom. The van der Waals surface area contributed by atoms with E-state index >= 15 is 0 Å². The van der Waals surface area contributed by atoms with Crippen LogP contribution in [-0.4, -0.2) is 29.9 Å². The smallest absolute Gasteiger partial charge is 0.370 e. The molecule has 0 saturated carbocycles. The van der Waals surface area contributed by atoms with Gasteiger partial charge >= 0.3 is 12.3 Å². The third kappa shape index (κ3) is 5.38. The summed E-state index contributed by atoms with van der Waals surface area (Å²) in [4.78, 5) is 22.5. The lowest BCUT2D eigenvalue weighted by molar-refractivity contribution is -0.137. The van der Waals surface area contributed by atoms with E-state index in [1.807, 2.05) is 4.90 Å². The molecule has 0 radical (unpaired) electrons. The quantitative estimate of drug-likeness (QED) is 0.408. The lowest BCUT2D eigenvalue weighted by Crippen LogP contribution is -2.22. The molecule has 1 aliphatic heterocycles. The van der Waals surface area contributed by atoms with Gasteiger partial charge in [-0.15, -0.1) is 0 Å². The number of hydrogen-bond donors (Lipinski definition) is 1. The molecule has 0 unspecified atom stereocenters. The van der Waals surface area contributed by atoms with Gasteiger partial charge in [0.1, 0.15) is 11.4 Å². The van der Waals surface area contributed by atoms with E-state index in [0.717, 1.165) is 25.1 Å². The van der Waals surface area contributed by atoms with Crippen molar-refractivity contribution in [3.8, 4) is 0 Å². The Labute approximate surface area is 170 Å². The normalized spacial score (nSPS) is 14.8. The Bertz CT molecular complexity index is 911. The monoisotopic (exact) mass is 426 g/mol. The molecule has 10 heteroatoms. The largest absolute Gasteiger partial charge is 0.437 e. The number of benzene rings is 1. The number of aromatic nitrogens is 1. The molecule has 1 fully saturated rings. The average molecular weight is 427 g/mol. The van der Waals surface area contributed by atoms with Crippen LogP contribution in [-0.2, 0) is 11.0 Å². The molecule has 1 aromatic carbocycles. The molecule has 0 spiro atoms. The summed E-state index contributed by atoms with van der Waals surface area (Å²) in [6.45, 7) is 2.77. The van der Waals surface area contributed by atoms with E-state index < -0.39 is 17.8 Å². The van der Waals surface area contributed by atoms with Crippen LogP contribution in [0.2, 0.25) is 5.02 Å². The van der Waals surface area contributed by atoms with Gasteiger partial charge in [-0.2, -0.15) is 13.2 Å². The van der Waals surface area contributed by atoms with E-state index in [-0.39, 0.29) is 11.4 Å². The Morgan fingerprint density at radius 3 is 2.52 bits per heavy atom. The first-order valence-corrected chi connectivity index (χ1v) is 9.22. The SMILES string of the molecule is CC(=NOC(=O)Nc1ccc(Cl)cc1)c1ncc(C(F)(F)F)cc1N1CCCC1. The first kappa shape index (κ1) is 20.9. The lowest BCUT2D eigenvalue weighted by atomic mass is 10.1. The Morgan fingerprint density at radius 2 is 1.90 bits per heavy atom. The summed E-state index contributed by atoms with van der Waals surface area (Å²) in [6.07, 6.45) is -2.83. The van der Waals surface area contributed by atoms with Crippen molar-refractivity contribution >= 4 is 34.8 Å². The van der Waals surface area contributed by atoms with Crippen molar-refractivity contribution in [3.63, 3.8) is 0 Å². The molecule has 1 saturated heterocycles. The molecule has 0 aliphatic carbocycles. The summed E-state index contributed by atoms with van der Waals surface area (Å²) in [5, 5.41) is 6.72. The number of nitrogens with one attached hydrogen (secondary N) is 1. The van der Waals surface area contributed by atoms with Gasteiger partial charge in [-0.05, 0) is 50.1 Å². The number of anilines is 2. The maximum atomic E-state index is 13.1. The topological polar surface area (TPSA) is 66.8 Å². The van der Waals surface area contributed by atoms with E-state index in [2.05, 4.69) is 15.5 Å². The van der Waals surface area contributed by atoms with Crippen molar-refractivity contribution in [2.24, 2.45) is 5.16 Å². The van der Waals surface area contributed by atoms with Crippen molar-refractivity contribution in [3.05, 3.63) is 52.8 Å². The van der Waals surface area contributed by atoms with Crippen LogP contribution in [0.4, 0.5) is 29.3 Å². The van der Waals surface area contributed by atoms with Crippen LogP contribution >= 0.6 is 11.6 Å². The number of amides is 1. The third-order valence-electron chi connectivity index (χ3n) is 4.34. The number of alkyl halides is 3. The molecule has 1 N–H and O–H groups in total. The van der Waals surface area contributed by atoms with Crippen molar-refractivity contribution in [1.82, 2.24) is 4.98 Å². The van der Waals surface area contributed by atoms with Gasteiger partial charge in [0.25, 0.3) is 0 Å². The van der Waals surface area contributed by atoms with Gasteiger partial charge in [-0.25, -0.2) is 4.79 Å². The first-order valence-electron chi connectivity index (χ1n) is 8.85. The number of nitrogens with zero attached hydrogens (tertiary/aromatic N) is 3. The van der Waals surface area contributed by atoms with Crippen LogP contribution in [0, 0.1) is 0 Å². The van der Waals surface area contributed by atoms with Gasteiger partial charge in [0.15, 0.2) is 0 Å². The van der Waals surface area contributed by atoms with Crippen molar-refractivity contribution < 1.29 is 22.8 Å². The molecule has 2 aromatic rings. The van der Waals surface area contributed by atoms with Gasteiger partial charge in [0.2, 0.25) is 0 Å². The molecular weight excluding hydrogens is 409 g/mol. The zero-order valence-electron chi connectivity index (χ0n) is 15.5. The minimum Gasteiger partial charge on any atom is -0.370 e. The zero-order chi connectivity index (χ0) is 21.0. The Balaban J connectivity index is 1.78. The number of pyridine rings is 1. The second-order valence-corrected chi connectivity index (χ2v) is 6.91. The van der Waals surface area contributed by atoms with E-state index in [1.54, 1.807) is 24.3 Å². The van der Waals surface area contributed by atoms with Gasteiger partial charge in [-0.3, -0.25) is 15.1 Å². The minimum absolute atomic E-state index is 0.187.